The van der Waals surface area contributed by atoms with E-state index in [-0.39, 0.29) is 24.0 Å². The van der Waals surface area contributed by atoms with Gasteiger partial charge in [-0.15, -0.1) is 0 Å². The van der Waals surface area contributed by atoms with Crippen molar-refractivity contribution in [2.24, 2.45) is 16.8 Å². The number of nitrogens with zero attached hydrogens (tertiary/aromatic N) is 1. The number of aliphatic imine (C=N–C) groups is 1. The van der Waals surface area contributed by atoms with E-state index in [4.69, 9.17) is 0 Å². The fraction of sp³-hybridized carbons (Fsp3) is 0.583. The SMILES string of the molecule is CC1=C(CC(C)C)C(=O)C2CC(=O)NC2=N1. The van der Waals surface area contributed by atoms with E-state index in [1.165, 1.54) is 0 Å². The van der Waals surface area contributed by atoms with Crippen molar-refractivity contribution >= 4 is 17.5 Å². The molecule has 0 bridgehead atoms. The van der Waals surface area contributed by atoms with Crippen LogP contribution in [0.3, 0.4) is 0 Å². The minimum Gasteiger partial charge on any atom is -0.314 e. The Kier molecular flexibility index (Phi) is 2.66. The Morgan fingerprint density at radius 3 is 2.75 bits per heavy atom. The van der Waals surface area contributed by atoms with Crippen molar-refractivity contribution in [2.75, 3.05) is 0 Å². The van der Waals surface area contributed by atoms with Crippen LogP contribution in [0, 0.1) is 11.8 Å². The first-order valence-corrected chi connectivity index (χ1v) is 5.61. The Bertz CT molecular complexity index is 419. The number of amidine groups is 1. The fourth-order valence-corrected chi connectivity index (χ4v) is 2.18. The first kappa shape index (κ1) is 11.0. The summed E-state index contributed by atoms with van der Waals surface area (Å²) in [6.07, 6.45) is 0.999. The van der Waals surface area contributed by atoms with Gasteiger partial charge in [-0.25, -0.2) is 4.99 Å². The number of fused-ring (bicyclic) bond motifs is 1. The summed E-state index contributed by atoms with van der Waals surface area (Å²) < 4.78 is 0. The van der Waals surface area contributed by atoms with Crippen molar-refractivity contribution in [1.29, 1.82) is 0 Å². The number of amides is 1. The van der Waals surface area contributed by atoms with Crippen molar-refractivity contribution < 1.29 is 9.59 Å². The highest BCUT2D eigenvalue weighted by atomic mass is 16.2. The number of carbonyl (C=O) groups excluding carboxylic acids is 2. The zero-order valence-electron chi connectivity index (χ0n) is 9.83. The Morgan fingerprint density at radius 2 is 2.12 bits per heavy atom. The van der Waals surface area contributed by atoms with Crippen LogP contribution in [0.2, 0.25) is 0 Å². The topological polar surface area (TPSA) is 58.5 Å². The highest BCUT2D eigenvalue weighted by molar-refractivity contribution is 6.22. The van der Waals surface area contributed by atoms with Crippen LogP contribution in [-0.4, -0.2) is 17.5 Å². The maximum atomic E-state index is 12.2. The number of hydrogen-bond donors (Lipinski definition) is 1. The molecule has 0 aromatic carbocycles. The fourth-order valence-electron chi connectivity index (χ4n) is 2.18. The second kappa shape index (κ2) is 3.85. The van der Waals surface area contributed by atoms with Gasteiger partial charge in [0.05, 0.1) is 5.92 Å². The standard InChI is InChI=1S/C12H16N2O2/c1-6(2)4-8-7(3)13-12-9(11(8)16)5-10(15)14-12/h6,9H,4-5H2,1-3H3,(H,13,14,15). The van der Waals surface area contributed by atoms with Crippen LogP contribution in [0.1, 0.15) is 33.6 Å². The Labute approximate surface area is 94.8 Å². The van der Waals surface area contributed by atoms with Crippen molar-refractivity contribution in [1.82, 2.24) is 5.32 Å². The van der Waals surface area contributed by atoms with Crippen LogP contribution in [0.15, 0.2) is 16.3 Å². The summed E-state index contributed by atoms with van der Waals surface area (Å²) >= 11 is 0. The minimum atomic E-state index is -0.343. The maximum Gasteiger partial charge on any atom is 0.226 e. The molecule has 1 amide bonds. The zero-order valence-corrected chi connectivity index (χ0v) is 9.83. The smallest absolute Gasteiger partial charge is 0.226 e. The molecular weight excluding hydrogens is 204 g/mol. The first-order chi connectivity index (χ1) is 7.49. The summed E-state index contributed by atoms with van der Waals surface area (Å²) in [6, 6.07) is 0. The minimum absolute atomic E-state index is 0.0783. The number of nitrogens with one attached hydrogen (secondary N) is 1. The highest BCUT2D eigenvalue weighted by Crippen LogP contribution is 2.29. The number of carbonyl (C=O) groups is 2. The van der Waals surface area contributed by atoms with E-state index >= 15 is 0 Å². The Morgan fingerprint density at radius 1 is 1.44 bits per heavy atom. The molecule has 1 atom stereocenters. The summed E-state index contributed by atoms with van der Waals surface area (Å²) in [7, 11) is 0. The lowest BCUT2D eigenvalue weighted by Crippen LogP contribution is -2.31. The summed E-state index contributed by atoms with van der Waals surface area (Å²) in [5.74, 6) is 0.603. The van der Waals surface area contributed by atoms with Crippen LogP contribution in [0.25, 0.3) is 0 Å². The van der Waals surface area contributed by atoms with E-state index in [0.29, 0.717) is 11.8 Å². The van der Waals surface area contributed by atoms with Gasteiger partial charge in [0.15, 0.2) is 5.78 Å². The predicted octanol–water partition coefficient (Wildman–Crippen LogP) is 1.42. The lowest BCUT2D eigenvalue weighted by Gasteiger charge is -2.19. The maximum absolute atomic E-state index is 12.2. The molecule has 2 rings (SSSR count). The van der Waals surface area contributed by atoms with Gasteiger partial charge in [-0.1, -0.05) is 13.8 Å². The van der Waals surface area contributed by atoms with Crippen molar-refractivity contribution in [3.8, 4) is 0 Å². The number of Topliss-reactive ketones (excluding diaryl/α,β-unsaturated/α-hetero) is 1. The van der Waals surface area contributed by atoms with E-state index < -0.39 is 0 Å². The summed E-state index contributed by atoms with van der Waals surface area (Å²) in [4.78, 5) is 27.7. The molecule has 2 heterocycles. The first-order valence-electron chi connectivity index (χ1n) is 5.61. The molecule has 1 fully saturated rings. The third-order valence-corrected chi connectivity index (χ3v) is 2.94. The van der Waals surface area contributed by atoms with E-state index in [1.807, 2.05) is 6.92 Å². The van der Waals surface area contributed by atoms with Gasteiger partial charge in [0.25, 0.3) is 0 Å². The van der Waals surface area contributed by atoms with Gasteiger partial charge in [-0.2, -0.15) is 0 Å². The largest absolute Gasteiger partial charge is 0.314 e. The summed E-state index contributed by atoms with van der Waals surface area (Å²) in [6.45, 7) is 5.99. The average molecular weight is 220 g/mol. The molecule has 86 valence electrons. The molecule has 0 radical (unpaired) electrons. The number of rotatable bonds is 2. The third-order valence-electron chi connectivity index (χ3n) is 2.94. The monoisotopic (exact) mass is 220 g/mol. The molecule has 4 nitrogen and oxygen atoms in total. The van der Waals surface area contributed by atoms with Crippen molar-refractivity contribution in [2.45, 2.75) is 33.6 Å². The molecule has 4 heteroatoms. The van der Waals surface area contributed by atoms with Gasteiger partial charge in [-0.05, 0) is 19.3 Å². The molecule has 16 heavy (non-hydrogen) atoms. The van der Waals surface area contributed by atoms with Crippen LogP contribution >= 0.6 is 0 Å². The number of ketones is 1. The average Bonchev–Trinajstić information content (AvgIpc) is 2.53. The lowest BCUT2D eigenvalue weighted by atomic mass is 9.87. The second-order valence-corrected chi connectivity index (χ2v) is 4.83. The van der Waals surface area contributed by atoms with E-state index in [1.54, 1.807) is 0 Å². The predicted molar refractivity (Wildman–Crippen MR) is 60.8 cm³/mol. The quantitative estimate of drug-likeness (QED) is 0.765. The normalized spacial score (nSPS) is 24.8. The van der Waals surface area contributed by atoms with E-state index in [0.717, 1.165) is 17.7 Å². The molecule has 2 aliphatic heterocycles. The van der Waals surface area contributed by atoms with Gasteiger partial charge in [0, 0.05) is 17.7 Å². The van der Waals surface area contributed by atoms with Gasteiger partial charge in [-0.3, -0.25) is 9.59 Å². The van der Waals surface area contributed by atoms with E-state index in [2.05, 4.69) is 24.2 Å². The van der Waals surface area contributed by atoms with Crippen molar-refractivity contribution in [3.63, 3.8) is 0 Å². The number of allylic oxidation sites excluding steroid dienone is 2. The molecule has 2 aliphatic rings. The van der Waals surface area contributed by atoms with Gasteiger partial charge < -0.3 is 5.32 Å². The van der Waals surface area contributed by atoms with Gasteiger partial charge >= 0.3 is 0 Å². The molecule has 0 aromatic heterocycles. The van der Waals surface area contributed by atoms with Crippen LogP contribution in [0.5, 0.6) is 0 Å². The van der Waals surface area contributed by atoms with Crippen molar-refractivity contribution in [3.05, 3.63) is 11.3 Å². The molecular formula is C12H16N2O2. The number of hydrogen-bond acceptors (Lipinski definition) is 3. The molecule has 0 aliphatic carbocycles. The van der Waals surface area contributed by atoms with Crippen LogP contribution in [-0.2, 0) is 9.59 Å². The summed E-state index contributed by atoms with van der Waals surface area (Å²) in [5.41, 5.74) is 1.55. The Balaban J connectivity index is 2.32. The van der Waals surface area contributed by atoms with Gasteiger partial charge in [0.2, 0.25) is 5.91 Å². The molecule has 0 spiro atoms. The summed E-state index contributed by atoms with van der Waals surface area (Å²) in [5, 5.41) is 2.65. The second-order valence-electron chi connectivity index (χ2n) is 4.83. The highest BCUT2D eigenvalue weighted by Gasteiger charge is 2.39. The van der Waals surface area contributed by atoms with Crippen LogP contribution < -0.4 is 5.32 Å². The zero-order chi connectivity index (χ0) is 11.9. The lowest BCUT2D eigenvalue weighted by molar-refractivity contribution is -0.122. The molecule has 0 saturated carbocycles. The van der Waals surface area contributed by atoms with Crippen LogP contribution in [0.4, 0.5) is 0 Å². The molecule has 0 aromatic rings. The molecule has 1 unspecified atom stereocenters. The Hall–Kier alpha value is -1.45. The molecule has 1 N–H and O–H groups in total. The van der Waals surface area contributed by atoms with E-state index in [9.17, 15) is 9.59 Å². The van der Waals surface area contributed by atoms with Gasteiger partial charge in [0.1, 0.15) is 5.84 Å². The molecule has 1 saturated heterocycles. The third kappa shape index (κ3) is 1.79.